The van der Waals surface area contributed by atoms with Crippen LogP contribution in [0, 0.1) is 5.92 Å². The van der Waals surface area contributed by atoms with Crippen molar-refractivity contribution in [3.8, 4) is 0 Å². The molecule has 5 heteroatoms. The third-order valence-electron chi connectivity index (χ3n) is 6.64. The Balaban J connectivity index is 1.53. The first-order valence-corrected chi connectivity index (χ1v) is 12.1. The molecule has 0 unspecified atom stereocenters. The Bertz CT molecular complexity index is 655. The molecule has 2 heterocycles. The normalized spacial score (nSPS) is 20.6. The van der Waals surface area contributed by atoms with Gasteiger partial charge in [0.25, 0.3) is 0 Å². The molecular formula is C25H43N5. The Hall–Kier alpha value is -1.59. The summed E-state index contributed by atoms with van der Waals surface area (Å²) in [5.41, 5.74) is 2.71. The lowest BCUT2D eigenvalue weighted by Crippen LogP contribution is -2.49. The van der Waals surface area contributed by atoms with Crippen LogP contribution >= 0.6 is 0 Å². The molecule has 0 bridgehead atoms. The zero-order valence-electron chi connectivity index (χ0n) is 19.7. The topological polar surface area (TPSA) is 42.9 Å². The number of rotatable bonds is 7. The summed E-state index contributed by atoms with van der Waals surface area (Å²) >= 11 is 0. The predicted octanol–water partition coefficient (Wildman–Crippen LogP) is 3.85. The number of hydrogen-bond donors (Lipinski definition) is 2. The number of nitrogens with zero attached hydrogens (tertiary/aromatic N) is 3. The van der Waals surface area contributed by atoms with Gasteiger partial charge in [-0.1, -0.05) is 31.2 Å². The summed E-state index contributed by atoms with van der Waals surface area (Å²) in [4.78, 5) is 10.1. The van der Waals surface area contributed by atoms with Gasteiger partial charge in [-0.05, 0) is 76.6 Å². The maximum Gasteiger partial charge on any atom is 0.191 e. The highest BCUT2D eigenvalue weighted by Gasteiger charge is 2.21. The van der Waals surface area contributed by atoms with Gasteiger partial charge in [0.15, 0.2) is 5.96 Å². The van der Waals surface area contributed by atoms with Crippen molar-refractivity contribution in [2.45, 2.75) is 78.6 Å². The Labute approximate surface area is 184 Å². The first-order chi connectivity index (χ1) is 14.5. The second kappa shape index (κ2) is 11.7. The number of aliphatic imine (C=N–C) groups is 1. The van der Waals surface area contributed by atoms with Crippen molar-refractivity contribution < 1.29 is 0 Å². The highest BCUT2D eigenvalue weighted by molar-refractivity contribution is 5.80. The molecule has 5 nitrogen and oxygen atoms in total. The van der Waals surface area contributed by atoms with E-state index < -0.39 is 0 Å². The summed E-state index contributed by atoms with van der Waals surface area (Å²) in [5, 5.41) is 7.11. The summed E-state index contributed by atoms with van der Waals surface area (Å²) in [6.45, 7) is 16.6. The molecule has 30 heavy (non-hydrogen) atoms. The molecule has 0 radical (unpaired) electrons. The molecule has 3 rings (SSSR count). The van der Waals surface area contributed by atoms with E-state index in [0.29, 0.717) is 12.1 Å². The van der Waals surface area contributed by atoms with Crippen molar-refractivity contribution in [1.29, 1.82) is 0 Å². The van der Waals surface area contributed by atoms with Crippen molar-refractivity contribution in [2.75, 3.05) is 32.7 Å². The fourth-order valence-corrected chi connectivity index (χ4v) is 4.55. The second-order valence-electron chi connectivity index (χ2n) is 9.52. The minimum Gasteiger partial charge on any atom is -0.357 e. The summed E-state index contributed by atoms with van der Waals surface area (Å²) in [6, 6.07) is 10.2. The molecule has 0 aromatic heterocycles. The molecule has 2 aliphatic heterocycles. The zero-order valence-corrected chi connectivity index (χ0v) is 19.7. The van der Waals surface area contributed by atoms with Crippen LogP contribution in [0.15, 0.2) is 29.3 Å². The van der Waals surface area contributed by atoms with Crippen LogP contribution in [0.5, 0.6) is 0 Å². The number of benzene rings is 1. The van der Waals surface area contributed by atoms with Crippen LogP contribution < -0.4 is 10.6 Å². The molecule has 0 spiro atoms. The third kappa shape index (κ3) is 7.28. The number of nitrogens with one attached hydrogen (secondary N) is 2. The third-order valence-corrected chi connectivity index (χ3v) is 6.64. The van der Waals surface area contributed by atoms with Gasteiger partial charge < -0.3 is 15.5 Å². The number of likely N-dealkylation sites (tertiary alicyclic amines) is 2. The van der Waals surface area contributed by atoms with Gasteiger partial charge in [0.05, 0.1) is 6.54 Å². The van der Waals surface area contributed by atoms with Gasteiger partial charge >= 0.3 is 0 Å². The Kier molecular flexibility index (Phi) is 9.01. The van der Waals surface area contributed by atoms with E-state index in [2.05, 4.69) is 72.4 Å². The number of guanidine groups is 1. The van der Waals surface area contributed by atoms with Crippen LogP contribution in [0.25, 0.3) is 0 Å². The van der Waals surface area contributed by atoms with E-state index in [1.165, 1.54) is 63.0 Å². The Morgan fingerprint density at radius 2 is 1.77 bits per heavy atom. The van der Waals surface area contributed by atoms with E-state index in [0.717, 1.165) is 31.5 Å². The molecular weight excluding hydrogens is 370 g/mol. The molecule has 1 aromatic carbocycles. The van der Waals surface area contributed by atoms with Crippen molar-refractivity contribution in [1.82, 2.24) is 20.4 Å². The minimum absolute atomic E-state index is 0.519. The highest BCUT2D eigenvalue weighted by Crippen LogP contribution is 2.19. The summed E-state index contributed by atoms with van der Waals surface area (Å²) in [6.07, 6.45) is 5.04. The van der Waals surface area contributed by atoms with Gasteiger partial charge in [0, 0.05) is 38.3 Å². The van der Waals surface area contributed by atoms with Gasteiger partial charge in [-0.25, -0.2) is 4.99 Å². The van der Waals surface area contributed by atoms with Crippen molar-refractivity contribution in [2.24, 2.45) is 10.9 Å². The largest absolute Gasteiger partial charge is 0.357 e. The van der Waals surface area contributed by atoms with Gasteiger partial charge in [-0.2, -0.15) is 0 Å². The van der Waals surface area contributed by atoms with Crippen molar-refractivity contribution in [3.05, 3.63) is 35.4 Å². The van der Waals surface area contributed by atoms with Crippen LogP contribution in [0.3, 0.4) is 0 Å². The zero-order chi connectivity index (χ0) is 21.3. The van der Waals surface area contributed by atoms with E-state index in [-0.39, 0.29) is 0 Å². The van der Waals surface area contributed by atoms with E-state index in [9.17, 15) is 0 Å². The smallest absolute Gasteiger partial charge is 0.191 e. The lowest BCUT2D eigenvalue weighted by atomic mass is 9.98. The average Bonchev–Trinajstić information content (AvgIpc) is 2.74. The standard InChI is InChI=1S/C25H43N5/c1-5-26-25(28-24-11-15-30(16-12-24)20(2)3)27-18-22-7-6-8-23(17-22)19-29-13-9-21(4)10-14-29/h6-8,17,20-21,24H,5,9-16,18-19H2,1-4H3,(H2,26,27,28). The molecule has 0 amide bonds. The van der Waals surface area contributed by atoms with Crippen molar-refractivity contribution >= 4 is 5.96 Å². The molecule has 1 aromatic rings. The SMILES string of the molecule is CCNC(=NCc1cccc(CN2CCC(C)CC2)c1)NC1CCN(C(C)C)CC1. The number of hydrogen-bond acceptors (Lipinski definition) is 3. The molecule has 0 atom stereocenters. The van der Waals surface area contributed by atoms with Crippen LogP contribution in [0.1, 0.15) is 64.5 Å². The molecule has 2 N–H and O–H groups in total. The maximum atomic E-state index is 4.90. The maximum absolute atomic E-state index is 4.90. The summed E-state index contributed by atoms with van der Waals surface area (Å²) < 4.78 is 0. The first kappa shape index (κ1) is 23.1. The highest BCUT2D eigenvalue weighted by atomic mass is 15.2. The predicted molar refractivity (Wildman–Crippen MR) is 128 cm³/mol. The van der Waals surface area contributed by atoms with Gasteiger partial charge in [-0.15, -0.1) is 0 Å². The van der Waals surface area contributed by atoms with Crippen LogP contribution in [-0.4, -0.2) is 60.6 Å². The lowest BCUT2D eigenvalue weighted by Gasteiger charge is -2.35. The molecule has 2 aliphatic rings. The van der Waals surface area contributed by atoms with E-state index >= 15 is 0 Å². The summed E-state index contributed by atoms with van der Waals surface area (Å²) in [7, 11) is 0. The molecule has 2 fully saturated rings. The van der Waals surface area contributed by atoms with E-state index in [1.807, 2.05) is 0 Å². The first-order valence-electron chi connectivity index (χ1n) is 12.1. The summed E-state index contributed by atoms with van der Waals surface area (Å²) in [5.74, 6) is 1.84. The second-order valence-corrected chi connectivity index (χ2v) is 9.52. The average molecular weight is 414 g/mol. The van der Waals surface area contributed by atoms with Gasteiger partial charge in [-0.3, -0.25) is 4.90 Å². The molecule has 2 saturated heterocycles. The fraction of sp³-hybridized carbons (Fsp3) is 0.720. The minimum atomic E-state index is 0.519. The van der Waals surface area contributed by atoms with E-state index in [1.54, 1.807) is 0 Å². The molecule has 0 aliphatic carbocycles. The molecule has 0 saturated carbocycles. The fourth-order valence-electron chi connectivity index (χ4n) is 4.55. The van der Waals surface area contributed by atoms with Gasteiger partial charge in [0.1, 0.15) is 0 Å². The van der Waals surface area contributed by atoms with Gasteiger partial charge in [0.2, 0.25) is 0 Å². The van der Waals surface area contributed by atoms with Crippen molar-refractivity contribution in [3.63, 3.8) is 0 Å². The monoisotopic (exact) mass is 413 g/mol. The lowest BCUT2D eigenvalue weighted by molar-refractivity contribution is 0.167. The quantitative estimate of drug-likeness (QED) is 0.526. The Morgan fingerprint density at radius 1 is 1.07 bits per heavy atom. The van der Waals surface area contributed by atoms with Crippen LogP contribution in [-0.2, 0) is 13.1 Å². The Morgan fingerprint density at radius 3 is 2.43 bits per heavy atom. The van der Waals surface area contributed by atoms with Crippen LogP contribution in [0.4, 0.5) is 0 Å². The van der Waals surface area contributed by atoms with Crippen LogP contribution in [0.2, 0.25) is 0 Å². The molecule has 168 valence electrons. The van der Waals surface area contributed by atoms with E-state index in [4.69, 9.17) is 4.99 Å². The number of piperidine rings is 2.